The lowest BCUT2D eigenvalue weighted by molar-refractivity contribution is 0.00131. The summed E-state index contributed by atoms with van der Waals surface area (Å²) in [6, 6.07) is -0.600. The highest BCUT2D eigenvalue weighted by atomic mass is 19.3. The highest BCUT2D eigenvalue weighted by Gasteiger charge is 2.43. The third-order valence-corrected chi connectivity index (χ3v) is 3.14. The summed E-state index contributed by atoms with van der Waals surface area (Å²) in [6.07, 6.45) is 0.283. The zero-order chi connectivity index (χ0) is 11.0. The molecule has 0 heterocycles. The smallest absolute Gasteiger partial charge is 0.248 e. The summed E-state index contributed by atoms with van der Waals surface area (Å²) in [4.78, 5) is 0. The van der Waals surface area contributed by atoms with Gasteiger partial charge in [-0.05, 0) is 32.6 Å². The van der Waals surface area contributed by atoms with Crippen LogP contribution in [0, 0.1) is 5.92 Å². The molecule has 0 aliphatic heterocycles. The van der Waals surface area contributed by atoms with Crippen LogP contribution in [0.25, 0.3) is 0 Å². The molecule has 84 valence electrons. The van der Waals surface area contributed by atoms with Gasteiger partial charge < -0.3 is 5.73 Å². The van der Waals surface area contributed by atoms with Gasteiger partial charge in [-0.15, -0.1) is 0 Å². The van der Waals surface area contributed by atoms with Crippen molar-refractivity contribution in [3.63, 3.8) is 0 Å². The molecule has 1 saturated carbocycles. The molecule has 1 nitrogen and oxygen atoms in total. The Bertz CT molecular complexity index is 202. The Kier molecular flexibility index (Phi) is 3.14. The van der Waals surface area contributed by atoms with Gasteiger partial charge >= 0.3 is 0 Å². The summed E-state index contributed by atoms with van der Waals surface area (Å²) in [6.45, 7) is 2.97. The number of hydrogen-bond acceptors (Lipinski definition) is 1. The molecule has 1 fully saturated rings. The Balaban J connectivity index is 2.47. The molecular weight excluding hydrogens is 191 g/mol. The Morgan fingerprint density at radius 2 is 2.14 bits per heavy atom. The van der Waals surface area contributed by atoms with Crippen molar-refractivity contribution in [1.82, 2.24) is 0 Å². The molecule has 0 amide bonds. The van der Waals surface area contributed by atoms with Crippen molar-refractivity contribution < 1.29 is 13.2 Å². The van der Waals surface area contributed by atoms with E-state index in [2.05, 4.69) is 0 Å². The number of nitrogens with two attached hydrogens (primary N) is 1. The average molecular weight is 209 g/mol. The first-order valence-electron chi connectivity index (χ1n) is 5.05. The van der Waals surface area contributed by atoms with Crippen LogP contribution in [0.1, 0.15) is 39.5 Å². The summed E-state index contributed by atoms with van der Waals surface area (Å²) in [7, 11) is 0. The molecule has 0 saturated heterocycles. The van der Waals surface area contributed by atoms with Crippen molar-refractivity contribution in [3.8, 4) is 0 Å². The van der Waals surface area contributed by atoms with Crippen molar-refractivity contribution in [3.05, 3.63) is 0 Å². The average Bonchev–Trinajstić information content (AvgIpc) is 2.28. The molecule has 3 unspecified atom stereocenters. The van der Waals surface area contributed by atoms with Gasteiger partial charge in [0.2, 0.25) is 5.92 Å². The quantitative estimate of drug-likeness (QED) is 0.760. The topological polar surface area (TPSA) is 26.0 Å². The molecule has 2 N–H and O–H groups in total. The van der Waals surface area contributed by atoms with Crippen molar-refractivity contribution in [2.75, 3.05) is 0 Å². The Morgan fingerprint density at radius 1 is 1.57 bits per heavy atom. The molecule has 4 heteroatoms. The number of rotatable bonds is 3. The minimum Gasteiger partial charge on any atom is -0.325 e. The van der Waals surface area contributed by atoms with Crippen LogP contribution in [-0.4, -0.2) is 17.6 Å². The molecular formula is C10H18F3N. The second-order valence-corrected chi connectivity index (χ2v) is 4.74. The molecule has 1 aliphatic carbocycles. The van der Waals surface area contributed by atoms with Crippen molar-refractivity contribution in [1.29, 1.82) is 0 Å². The molecule has 1 aliphatic rings. The van der Waals surface area contributed by atoms with Crippen LogP contribution in [0.2, 0.25) is 0 Å². The van der Waals surface area contributed by atoms with E-state index in [4.69, 9.17) is 5.73 Å². The molecule has 0 spiro atoms. The van der Waals surface area contributed by atoms with Crippen LogP contribution < -0.4 is 5.73 Å². The van der Waals surface area contributed by atoms with Gasteiger partial charge in [0.1, 0.15) is 5.67 Å². The van der Waals surface area contributed by atoms with E-state index in [1.165, 1.54) is 6.92 Å². The predicted octanol–water partition coefficient (Wildman–Crippen LogP) is 2.89. The monoisotopic (exact) mass is 209 g/mol. The van der Waals surface area contributed by atoms with Gasteiger partial charge in [-0.1, -0.05) is 0 Å². The van der Waals surface area contributed by atoms with Crippen molar-refractivity contribution in [2.45, 2.75) is 57.2 Å². The molecule has 0 bridgehead atoms. The molecule has 0 radical (unpaired) electrons. The van der Waals surface area contributed by atoms with E-state index in [0.717, 1.165) is 0 Å². The minimum absolute atomic E-state index is 0.104. The first kappa shape index (κ1) is 11.8. The zero-order valence-electron chi connectivity index (χ0n) is 8.69. The molecule has 1 rings (SSSR count). The van der Waals surface area contributed by atoms with E-state index >= 15 is 0 Å². The fourth-order valence-electron chi connectivity index (χ4n) is 1.97. The summed E-state index contributed by atoms with van der Waals surface area (Å²) < 4.78 is 39.4. The summed E-state index contributed by atoms with van der Waals surface area (Å²) in [5, 5.41) is 0. The van der Waals surface area contributed by atoms with Crippen LogP contribution in [0.15, 0.2) is 0 Å². The lowest BCUT2D eigenvalue weighted by atomic mass is 9.88. The molecule has 3 atom stereocenters. The number of halogens is 3. The molecule has 0 aromatic heterocycles. The standard InChI is InChI=1S/C10H18F3N/c1-7(14)9(2,11)5-8-3-4-10(12,13)6-8/h7-8H,3-6,14H2,1-2H3. The fourth-order valence-corrected chi connectivity index (χ4v) is 1.97. The Hall–Kier alpha value is -0.250. The largest absolute Gasteiger partial charge is 0.325 e. The summed E-state index contributed by atoms with van der Waals surface area (Å²) >= 11 is 0. The van der Waals surface area contributed by atoms with E-state index < -0.39 is 17.6 Å². The number of alkyl halides is 3. The fraction of sp³-hybridized carbons (Fsp3) is 1.00. The minimum atomic E-state index is -2.58. The normalized spacial score (nSPS) is 32.6. The van der Waals surface area contributed by atoms with Crippen LogP contribution in [-0.2, 0) is 0 Å². The Morgan fingerprint density at radius 3 is 2.50 bits per heavy atom. The zero-order valence-corrected chi connectivity index (χ0v) is 8.69. The van der Waals surface area contributed by atoms with Gasteiger partial charge in [-0.2, -0.15) is 0 Å². The third-order valence-electron chi connectivity index (χ3n) is 3.14. The third kappa shape index (κ3) is 2.87. The summed E-state index contributed by atoms with van der Waals surface area (Å²) in [5.74, 6) is -2.80. The van der Waals surface area contributed by atoms with E-state index in [-0.39, 0.29) is 25.2 Å². The van der Waals surface area contributed by atoms with Gasteiger partial charge in [0.05, 0.1) is 0 Å². The van der Waals surface area contributed by atoms with E-state index in [1.807, 2.05) is 0 Å². The number of hydrogen-bond donors (Lipinski definition) is 1. The first-order valence-corrected chi connectivity index (χ1v) is 5.05. The van der Waals surface area contributed by atoms with E-state index in [1.54, 1.807) is 6.92 Å². The van der Waals surface area contributed by atoms with Crippen LogP contribution >= 0.6 is 0 Å². The first-order chi connectivity index (χ1) is 6.23. The predicted molar refractivity (Wildman–Crippen MR) is 50.1 cm³/mol. The van der Waals surface area contributed by atoms with Gasteiger partial charge in [-0.25, -0.2) is 13.2 Å². The lowest BCUT2D eigenvalue weighted by Gasteiger charge is -2.27. The van der Waals surface area contributed by atoms with E-state index in [0.29, 0.717) is 6.42 Å². The second kappa shape index (κ2) is 3.72. The van der Waals surface area contributed by atoms with Crippen LogP contribution in [0.4, 0.5) is 13.2 Å². The van der Waals surface area contributed by atoms with Crippen molar-refractivity contribution >= 4 is 0 Å². The maximum atomic E-state index is 13.7. The second-order valence-electron chi connectivity index (χ2n) is 4.74. The maximum absolute atomic E-state index is 13.7. The molecule has 0 aromatic rings. The van der Waals surface area contributed by atoms with Gasteiger partial charge in [0.25, 0.3) is 0 Å². The van der Waals surface area contributed by atoms with Gasteiger partial charge in [0.15, 0.2) is 0 Å². The van der Waals surface area contributed by atoms with Gasteiger partial charge in [0, 0.05) is 18.9 Å². The van der Waals surface area contributed by atoms with Crippen LogP contribution in [0.5, 0.6) is 0 Å². The maximum Gasteiger partial charge on any atom is 0.248 e. The SMILES string of the molecule is CC(N)C(C)(F)CC1CCC(F)(F)C1. The summed E-state index contributed by atoms with van der Waals surface area (Å²) in [5.41, 5.74) is 3.93. The lowest BCUT2D eigenvalue weighted by Crippen LogP contribution is -2.40. The highest BCUT2D eigenvalue weighted by Crippen LogP contribution is 2.43. The highest BCUT2D eigenvalue weighted by molar-refractivity contribution is 4.90. The van der Waals surface area contributed by atoms with Gasteiger partial charge in [-0.3, -0.25) is 0 Å². The van der Waals surface area contributed by atoms with Crippen molar-refractivity contribution in [2.24, 2.45) is 11.7 Å². The van der Waals surface area contributed by atoms with Crippen LogP contribution in [0.3, 0.4) is 0 Å². The Labute approximate surface area is 82.9 Å². The molecule has 0 aromatic carbocycles. The molecule has 14 heavy (non-hydrogen) atoms. The van der Waals surface area contributed by atoms with E-state index in [9.17, 15) is 13.2 Å².